The highest BCUT2D eigenvalue weighted by atomic mass is 79.9. The van der Waals surface area contributed by atoms with Crippen molar-refractivity contribution >= 4 is 50.9 Å². The van der Waals surface area contributed by atoms with Crippen LogP contribution in [0.5, 0.6) is 11.5 Å². The Morgan fingerprint density at radius 1 is 1.19 bits per heavy atom. The lowest BCUT2D eigenvalue weighted by atomic mass is 9.96. The quantitative estimate of drug-likeness (QED) is 0.391. The Morgan fingerprint density at radius 3 is 2.50 bits per heavy atom. The van der Waals surface area contributed by atoms with Gasteiger partial charge in [-0.05, 0) is 78.2 Å². The Morgan fingerprint density at radius 2 is 1.89 bits per heavy atom. The summed E-state index contributed by atoms with van der Waals surface area (Å²) >= 11 is 10.9. The van der Waals surface area contributed by atoms with Crippen molar-refractivity contribution in [2.45, 2.75) is 32.9 Å². The first-order chi connectivity index (χ1) is 17.1. The number of ether oxygens (including phenoxy) is 3. The van der Waals surface area contributed by atoms with E-state index in [4.69, 9.17) is 25.8 Å². The molecule has 0 N–H and O–H groups in total. The average Bonchev–Trinajstić information content (AvgIpc) is 3.12. The summed E-state index contributed by atoms with van der Waals surface area (Å²) in [7, 11) is 3.11. The first-order valence-electron chi connectivity index (χ1n) is 11.0. The van der Waals surface area contributed by atoms with Crippen molar-refractivity contribution in [1.29, 1.82) is 0 Å². The minimum absolute atomic E-state index is 0.271. The second kappa shape index (κ2) is 10.6. The molecule has 0 fully saturated rings. The van der Waals surface area contributed by atoms with E-state index in [9.17, 15) is 9.59 Å². The van der Waals surface area contributed by atoms with Crippen LogP contribution in [0.3, 0.4) is 0 Å². The first-order valence-corrected chi connectivity index (χ1v) is 13.0. The van der Waals surface area contributed by atoms with E-state index in [2.05, 4.69) is 20.9 Å². The second-order valence-corrected chi connectivity index (χ2v) is 10.6. The van der Waals surface area contributed by atoms with E-state index < -0.39 is 12.0 Å². The largest absolute Gasteiger partial charge is 0.493 e. The number of hydrogen-bond acceptors (Lipinski definition) is 7. The zero-order valence-corrected chi connectivity index (χ0v) is 23.5. The molecule has 2 aromatic carbocycles. The molecule has 0 saturated heterocycles. The molecular weight excluding hydrogens is 568 g/mol. The van der Waals surface area contributed by atoms with E-state index in [0.717, 1.165) is 11.1 Å². The SMILES string of the molecule is COc1cc(C=c2sc3n(c2=O)C(c2ccc(Cl)cc2)C(C(=O)OC(C)C)=C(C)N=3)cc(Br)c1OC. The molecule has 0 bridgehead atoms. The van der Waals surface area contributed by atoms with Crippen molar-refractivity contribution in [3.05, 3.63) is 88.0 Å². The van der Waals surface area contributed by atoms with Gasteiger partial charge < -0.3 is 14.2 Å². The number of halogens is 2. The topological polar surface area (TPSA) is 79.1 Å². The third-order valence-electron chi connectivity index (χ3n) is 5.52. The molecule has 1 aromatic heterocycles. The van der Waals surface area contributed by atoms with E-state index in [-0.39, 0.29) is 11.7 Å². The molecule has 1 atom stereocenters. The van der Waals surface area contributed by atoms with Gasteiger partial charge in [0.2, 0.25) is 0 Å². The third kappa shape index (κ3) is 5.00. The summed E-state index contributed by atoms with van der Waals surface area (Å²) in [5.74, 6) is 0.576. The van der Waals surface area contributed by atoms with Gasteiger partial charge >= 0.3 is 5.97 Å². The fraction of sp³-hybridized carbons (Fsp3) is 0.269. The molecule has 188 valence electrons. The average molecular weight is 592 g/mol. The van der Waals surface area contributed by atoms with Crippen molar-refractivity contribution in [2.75, 3.05) is 14.2 Å². The predicted molar refractivity (Wildman–Crippen MR) is 144 cm³/mol. The number of fused-ring (bicyclic) bond motifs is 1. The van der Waals surface area contributed by atoms with Gasteiger partial charge in [-0.1, -0.05) is 35.1 Å². The zero-order valence-electron chi connectivity index (χ0n) is 20.3. The van der Waals surface area contributed by atoms with Crippen LogP contribution in [-0.4, -0.2) is 30.9 Å². The molecule has 2 heterocycles. The molecule has 0 saturated carbocycles. The lowest BCUT2D eigenvalue weighted by Crippen LogP contribution is -2.40. The zero-order chi connectivity index (χ0) is 26.1. The number of benzene rings is 2. The smallest absolute Gasteiger partial charge is 0.338 e. The van der Waals surface area contributed by atoms with Crippen LogP contribution in [0.1, 0.15) is 37.9 Å². The molecule has 0 spiro atoms. The maximum atomic E-state index is 13.7. The van der Waals surface area contributed by atoms with Crippen molar-refractivity contribution < 1.29 is 19.0 Å². The van der Waals surface area contributed by atoms with Gasteiger partial charge in [0, 0.05) is 5.02 Å². The van der Waals surface area contributed by atoms with Crippen molar-refractivity contribution in [3.8, 4) is 11.5 Å². The number of hydrogen-bond donors (Lipinski definition) is 0. The molecule has 36 heavy (non-hydrogen) atoms. The highest BCUT2D eigenvalue weighted by Gasteiger charge is 2.33. The first kappa shape index (κ1) is 26.2. The standard InChI is InChI=1S/C26H24BrClN2O5S/c1-13(2)35-25(32)21-14(3)29-26-30(22(21)16-6-8-17(28)9-7-16)24(31)20(36-26)12-15-10-18(27)23(34-5)19(11-15)33-4/h6-13,22H,1-5H3. The van der Waals surface area contributed by atoms with Crippen LogP contribution in [0.15, 0.2) is 61.9 Å². The maximum absolute atomic E-state index is 13.7. The van der Waals surface area contributed by atoms with Gasteiger partial charge in [-0.3, -0.25) is 9.36 Å². The fourth-order valence-electron chi connectivity index (χ4n) is 3.99. The van der Waals surface area contributed by atoms with E-state index >= 15 is 0 Å². The number of aromatic nitrogens is 1. The molecule has 0 radical (unpaired) electrons. The van der Waals surface area contributed by atoms with Crippen molar-refractivity contribution in [1.82, 2.24) is 4.57 Å². The highest BCUT2D eigenvalue weighted by molar-refractivity contribution is 9.10. The molecule has 7 nitrogen and oxygen atoms in total. The molecule has 1 aliphatic heterocycles. The van der Waals surface area contributed by atoms with Gasteiger partial charge in [-0.25, -0.2) is 9.79 Å². The summed E-state index contributed by atoms with van der Waals surface area (Å²) in [5, 5.41) is 0.553. The lowest BCUT2D eigenvalue weighted by molar-refractivity contribution is -0.143. The third-order valence-corrected chi connectivity index (χ3v) is 7.35. The van der Waals surface area contributed by atoms with E-state index in [1.165, 1.54) is 11.3 Å². The number of rotatable bonds is 6. The number of allylic oxidation sites excluding steroid dienone is 1. The minimum atomic E-state index is -0.705. The summed E-state index contributed by atoms with van der Waals surface area (Å²) < 4.78 is 19.0. The molecule has 0 aliphatic carbocycles. The summed E-state index contributed by atoms with van der Waals surface area (Å²) in [5.41, 5.74) is 2.02. The van der Waals surface area contributed by atoms with Crippen molar-refractivity contribution in [3.63, 3.8) is 0 Å². The Bertz CT molecular complexity index is 1540. The molecule has 3 aromatic rings. The van der Waals surface area contributed by atoms with E-state index in [1.807, 2.05) is 6.07 Å². The number of esters is 1. The minimum Gasteiger partial charge on any atom is -0.493 e. The van der Waals surface area contributed by atoms with Crippen LogP contribution in [0, 0.1) is 0 Å². The van der Waals surface area contributed by atoms with Gasteiger partial charge in [0.1, 0.15) is 0 Å². The van der Waals surface area contributed by atoms with Gasteiger partial charge in [0.15, 0.2) is 16.3 Å². The van der Waals surface area contributed by atoms with E-state index in [1.54, 1.807) is 76.0 Å². The fourth-order valence-corrected chi connectivity index (χ4v) is 5.79. The molecule has 1 aliphatic rings. The number of carbonyl (C=O) groups is 1. The summed E-state index contributed by atoms with van der Waals surface area (Å²) in [4.78, 5) is 32.0. The molecule has 1 unspecified atom stereocenters. The number of nitrogens with zero attached hydrogens (tertiary/aromatic N) is 2. The molecule has 4 rings (SSSR count). The molecule has 10 heteroatoms. The summed E-state index contributed by atoms with van der Waals surface area (Å²) in [6.45, 7) is 5.31. The number of carbonyl (C=O) groups excluding carboxylic acids is 1. The Balaban J connectivity index is 1.93. The van der Waals surface area contributed by atoms with Crippen LogP contribution >= 0.6 is 38.9 Å². The summed E-state index contributed by atoms with van der Waals surface area (Å²) in [6, 6.07) is 9.99. The van der Waals surface area contributed by atoms with Crippen LogP contribution in [0.25, 0.3) is 6.08 Å². The van der Waals surface area contributed by atoms with Gasteiger partial charge in [-0.2, -0.15) is 0 Å². The van der Waals surface area contributed by atoms with E-state index in [0.29, 0.717) is 41.6 Å². The Hall–Kier alpha value is -2.88. The van der Waals surface area contributed by atoms with Gasteiger partial charge in [0.05, 0.1) is 46.6 Å². The molecule has 0 amide bonds. The van der Waals surface area contributed by atoms with Gasteiger partial charge in [-0.15, -0.1) is 0 Å². The van der Waals surface area contributed by atoms with Crippen LogP contribution in [0.4, 0.5) is 0 Å². The van der Waals surface area contributed by atoms with Crippen LogP contribution in [-0.2, 0) is 9.53 Å². The Labute approximate surface area is 225 Å². The van der Waals surface area contributed by atoms with Crippen LogP contribution < -0.4 is 24.4 Å². The van der Waals surface area contributed by atoms with Crippen LogP contribution in [0.2, 0.25) is 5.02 Å². The molecular formula is C26H24BrClN2O5S. The van der Waals surface area contributed by atoms with Crippen molar-refractivity contribution in [2.24, 2.45) is 4.99 Å². The summed E-state index contributed by atoms with van der Waals surface area (Å²) in [6.07, 6.45) is 1.44. The normalized spacial score (nSPS) is 15.6. The monoisotopic (exact) mass is 590 g/mol. The lowest BCUT2D eigenvalue weighted by Gasteiger charge is -2.25. The predicted octanol–water partition coefficient (Wildman–Crippen LogP) is 4.62. The number of thiazole rings is 1. The maximum Gasteiger partial charge on any atom is 0.338 e. The van der Waals surface area contributed by atoms with Gasteiger partial charge in [0.25, 0.3) is 5.56 Å². The highest BCUT2D eigenvalue weighted by Crippen LogP contribution is 2.36. The Kier molecular flexibility index (Phi) is 7.73. The second-order valence-electron chi connectivity index (χ2n) is 8.33. The number of methoxy groups -OCH3 is 2.